The molecule has 2 nitrogen and oxygen atoms in total. The van der Waals surface area contributed by atoms with Crippen LogP contribution < -0.4 is 9.80 Å². The van der Waals surface area contributed by atoms with Gasteiger partial charge in [-0.05, 0) is 200 Å². The molecule has 0 spiro atoms. The van der Waals surface area contributed by atoms with E-state index in [1.165, 1.54) is 99.8 Å². The van der Waals surface area contributed by atoms with Crippen LogP contribution in [0.25, 0.3) is 66.4 Å². The van der Waals surface area contributed by atoms with E-state index in [0.717, 1.165) is 59.8 Å². The quantitative estimate of drug-likeness (QED) is 0.107. The van der Waals surface area contributed by atoms with Gasteiger partial charge in [-0.15, -0.1) is 0 Å². The van der Waals surface area contributed by atoms with Gasteiger partial charge in [-0.1, -0.05) is 209 Å². The average molecular weight is 995 g/mol. The van der Waals surface area contributed by atoms with Crippen molar-refractivity contribution in [2.24, 2.45) is 0 Å². The number of nitrogens with zero attached hydrogens (tertiary/aromatic N) is 2. The lowest BCUT2D eigenvalue weighted by Crippen LogP contribution is -2.15. The molecule has 0 saturated heterocycles. The van der Waals surface area contributed by atoms with Gasteiger partial charge in [0.2, 0.25) is 0 Å². The molecule has 0 saturated carbocycles. The number of rotatable bonds is 14. The summed E-state index contributed by atoms with van der Waals surface area (Å²) in [7, 11) is 0. The van der Waals surface area contributed by atoms with Gasteiger partial charge in [0.1, 0.15) is 0 Å². The Labute approximate surface area is 456 Å². The van der Waals surface area contributed by atoms with Crippen molar-refractivity contribution in [3.8, 4) is 55.6 Å². The second-order valence-electron chi connectivity index (χ2n) is 21.7. The van der Waals surface area contributed by atoms with Gasteiger partial charge in [-0.2, -0.15) is 0 Å². The van der Waals surface area contributed by atoms with Gasteiger partial charge in [-0.25, -0.2) is 0 Å². The summed E-state index contributed by atoms with van der Waals surface area (Å²) in [5.41, 5.74) is 27.0. The molecule has 1 aliphatic rings. The molecule has 0 heterocycles. The summed E-state index contributed by atoms with van der Waals surface area (Å²) in [5.74, 6) is 0. The van der Waals surface area contributed by atoms with Crippen LogP contribution in [0.15, 0.2) is 243 Å². The van der Waals surface area contributed by atoms with Crippen LogP contribution in [0.5, 0.6) is 0 Å². The molecule has 0 radical (unpaired) electrons. The molecule has 12 rings (SSSR count). The molecule has 0 bridgehead atoms. The Balaban J connectivity index is 0.846. The maximum atomic E-state index is 2.49. The minimum atomic E-state index is -0.225. The smallest absolute Gasteiger partial charge is 0.0462 e. The van der Waals surface area contributed by atoms with Crippen LogP contribution in [0, 0.1) is 13.8 Å². The lowest BCUT2D eigenvalue weighted by atomic mass is 9.80. The van der Waals surface area contributed by atoms with E-state index in [4.69, 9.17) is 0 Å². The van der Waals surface area contributed by atoms with Crippen LogP contribution in [0.4, 0.5) is 34.1 Å². The number of aryl methyl sites for hydroxylation is 4. The summed E-state index contributed by atoms with van der Waals surface area (Å²) in [6, 6.07) is 90.8. The molecule has 77 heavy (non-hydrogen) atoms. The topological polar surface area (TPSA) is 6.48 Å². The molecule has 0 fully saturated rings. The number of anilines is 6. The number of hydrogen-bond donors (Lipinski definition) is 0. The Morgan fingerprint density at radius 1 is 0.312 bits per heavy atom. The summed E-state index contributed by atoms with van der Waals surface area (Å²) >= 11 is 0. The zero-order valence-corrected chi connectivity index (χ0v) is 45.3. The largest absolute Gasteiger partial charge is 0.311 e. The lowest BCUT2D eigenvalue weighted by Gasteiger charge is -2.26. The highest BCUT2D eigenvalue weighted by Crippen LogP contribution is 2.54. The van der Waals surface area contributed by atoms with Crippen molar-refractivity contribution in [3.05, 3.63) is 276 Å². The van der Waals surface area contributed by atoms with E-state index < -0.39 is 0 Å². The molecule has 1 aliphatic carbocycles. The Hall–Kier alpha value is -8.72. The minimum Gasteiger partial charge on any atom is -0.311 e. The summed E-state index contributed by atoms with van der Waals surface area (Å²) < 4.78 is 0. The zero-order valence-electron chi connectivity index (χ0n) is 45.3. The van der Waals surface area contributed by atoms with Crippen LogP contribution in [-0.4, -0.2) is 0 Å². The molecular formula is C75H66N2. The average Bonchev–Trinajstić information content (AvgIpc) is 3.89. The molecule has 0 atom stereocenters. The van der Waals surface area contributed by atoms with Gasteiger partial charge in [0.25, 0.3) is 0 Å². The third kappa shape index (κ3) is 9.55. The van der Waals surface area contributed by atoms with Gasteiger partial charge >= 0.3 is 0 Å². The molecule has 11 aromatic carbocycles. The second kappa shape index (κ2) is 20.8. The first kappa shape index (κ1) is 49.2. The van der Waals surface area contributed by atoms with E-state index in [0.29, 0.717) is 0 Å². The number of hydrogen-bond acceptors (Lipinski definition) is 2. The van der Waals surface area contributed by atoms with Gasteiger partial charge in [0, 0.05) is 39.5 Å². The predicted molar refractivity (Wildman–Crippen MR) is 330 cm³/mol. The number of benzene rings is 11. The van der Waals surface area contributed by atoms with E-state index in [1.807, 2.05) is 0 Å². The van der Waals surface area contributed by atoms with E-state index in [-0.39, 0.29) is 5.41 Å². The van der Waals surface area contributed by atoms with E-state index in [2.05, 4.69) is 294 Å². The molecule has 2 heteroatoms. The monoisotopic (exact) mass is 995 g/mol. The van der Waals surface area contributed by atoms with Crippen LogP contribution >= 0.6 is 0 Å². The minimum absolute atomic E-state index is 0.225. The standard InChI is InChI=1S/C75H66N2/c1-7-11-53-19-23-55(24-20-53)57-27-40-64(41-28-57)76(62-36-15-51(3)16-37-62)66-44-31-59(32-45-66)61-35-48-70-72(49-61)75(5,6)73-50-71(68-13-9-10-14-69(68)74(70)73)60-33-46-67(47-34-60)77(63-38-17-52(4)18-39-63)65-42-29-58(30-43-65)56-25-21-54(12-8-2)22-26-56/h9-10,13-50H,7-8,11-12H2,1-6H3. The third-order valence-corrected chi connectivity index (χ3v) is 16.1. The van der Waals surface area contributed by atoms with E-state index in [9.17, 15) is 0 Å². The third-order valence-electron chi connectivity index (χ3n) is 16.1. The first-order valence-corrected chi connectivity index (χ1v) is 27.7. The summed E-state index contributed by atoms with van der Waals surface area (Å²) in [6.45, 7) is 13.6. The molecule has 0 unspecified atom stereocenters. The number of fused-ring (bicyclic) bond motifs is 5. The van der Waals surface area contributed by atoms with Crippen molar-refractivity contribution >= 4 is 44.9 Å². The normalized spacial score (nSPS) is 12.3. The van der Waals surface area contributed by atoms with Crippen LogP contribution in [-0.2, 0) is 18.3 Å². The van der Waals surface area contributed by atoms with Crippen molar-refractivity contribution in [3.63, 3.8) is 0 Å². The van der Waals surface area contributed by atoms with Crippen LogP contribution in [0.2, 0.25) is 0 Å². The maximum Gasteiger partial charge on any atom is 0.0462 e. The van der Waals surface area contributed by atoms with Gasteiger partial charge < -0.3 is 9.80 Å². The van der Waals surface area contributed by atoms with E-state index in [1.54, 1.807) is 0 Å². The fraction of sp³-hybridized carbons (Fsp3) is 0.147. The van der Waals surface area contributed by atoms with Gasteiger partial charge in [0.15, 0.2) is 0 Å². The van der Waals surface area contributed by atoms with Crippen LogP contribution in [0.1, 0.15) is 73.9 Å². The SMILES string of the molecule is CCCc1ccc(-c2ccc(N(c3ccc(C)cc3)c3ccc(-c4ccc5c(c4)C(C)(C)c4cc(-c6ccc(N(c7ccc(C)cc7)c7ccc(-c8ccc(CCC)cc8)cc7)cc6)c6ccccc6c4-5)cc3)cc2)cc1. The predicted octanol–water partition coefficient (Wildman–Crippen LogP) is 21.3. The molecule has 0 aromatic heterocycles. The van der Waals surface area contributed by atoms with Crippen molar-refractivity contribution in [2.75, 3.05) is 9.80 Å². The van der Waals surface area contributed by atoms with Crippen molar-refractivity contribution in [1.29, 1.82) is 0 Å². The molecule has 11 aromatic rings. The zero-order chi connectivity index (χ0) is 52.6. The first-order valence-electron chi connectivity index (χ1n) is 27.7. The fourth-order valence-electron chi connectivity index (χ4n) is 11.8. The van der Waals surface area contributed by atoms with Crippen LogP contribution in [0.3, 0.4) is 0 Å². The van der Waals surface area contributed by atoms with E-state index >= 15 is 0 Å². The van der Waals surface area contributed by atoms with Crippen molar-refractivity contribution < 1.29 is 0 Å². The summed E-state index contributed by atoms with van der Waals surface area (Å²) in [6.07, 6.45) is 4.53. The van der Waals surface area contributed by atoms with Crippen molar-refractivity contribution in [2.45, 2.75) is 72.6 Å². The maximum absolute atomic E-state index is 2.49. The Morgan fingerprint density at radius 2 is 0.649 bits per heavy atom. The highest BCUT2D eigenvalue weighted by atomic mass is 15.1. The van der Waals surface area contributed by atoms with Crippen molar-refractivity contribution in [1.82, 2.24) is 0 Å². The molecule has 0 amide bonds. The van der Waals surface area contributed by atoms with Gasteiger partial charge in [-0.3, -0.25) is 0 Å². The fourth-order valence-corrected chi connectivity index (χ4v) is 11.8. The first-order chi connectivity index (χ1) is 37.6. The van der Waals surface area contributed by atoms with Gasteiger partial charge in [0.05, 0.1) is 0 Å². The Morgan fingerprint density at radius 3 is 1.05 bits per heavy atom. The highest BCUT2D eigenvalue weighted by molar-refractivity contribution is 6.09. The Bertz CT molecular complexity index is 3850. The second-order valence-corrected chi connectivity index (χ2v) is 21.7. The molecule has 376 valence electrons. The molecular weight excluding hydrogens is 929 g/mol. The summed E-state index contributed by atoms with van der Waals surface area (Å²) in [4.78, 5) is 4.73. The molecule has 0 aliphatic heterocycles. The summed E-state index contributed by atoms with van der Waals surface area (Å²) in [5, 5.41) is 2.56. The Kier molecular flexibility index (Phi) is 13.3. The lowest BCUT2D eigenvalue weighted by molar-refractivity contribution is 0.661. The highest BCUT2D eigenvalue weighted by Gasteiger charge is 2.37. The molecule has 0 N–H and O–H groups in total.